The van der Waals surface area contributed by atoms with Crippen LogP contribution in [0.2, 0.25) is 5.02 Å². The van der Waals surface area contributed by atoms with Crippen molar-refractivity contribution in [2.24, 2.45) is 4.99 Å². The topological polar surface area (TPSA) is 54.4 Å². The van der Waals surface area contributed by atoms with Crippen LogP contribution in [0.5, 0.6) is 0 Å². The predicted octanol–water partition coefficient (Wildman–Crippen LogP) is 3.67. The molecule has 1 aromatic rings. The Balaban J connectivity index is 2.14. The fourth-order valence-electron chi connectivity index (χ4n) is 1.50. The van der Waals surface area contributed by atoms with Crippen LogP contribution in [0.25, 0.3) is 0 Å². The molecule has 0 bridgehead atoms. The SMILES string of the molecule is CC(NC(=O)C1=IC=CN=C1F)c1ncc(Br)cc1Cl. The maximum atomic E-state index is 13.5. The number of pyridine rings is 1. The number of amides is 1. The Morgan fingerprint density at radius 2 is 2.35 bits per heavy atom. The summed E-state index contributed by atoms with van der Waals surface area (Å²) in [5.74, 6) is -1.17. The lowest BCUT2D eigenvalue weighted by Gasteiger charge is -2.15. The van der Waals surface area contributed by atoms with E-state index in [1.807, 2.05) is 0 Å². The number of carbonyl (C=O) groups excluding carboxylic acids is 1. The largest absolute Gasteiger partial charge is 0.343 e. The summed E-state index contributed by atoms with van der Waals surface area (Å²) in [4.78, 5) is 19.7. The van der Waals surface area contributed by atoms with Crippen LogP contribution in [0.3, 0.4) is 0 Å². The fourth-order valence-corrected chi connectivity index (χ4v) is 3.81. The van der Waals surface area contributed by atoms with E-state index >= 15 is 0 Å². The number of nitrogens with one attached hydrogen (secondary N) is 1. The lowest BCUT2D eigenvalue weighted by atomic mass is 10.2. The molecule has 1 aliphatic rings. The maximum absolute atomic E-state index is 13.5. The zero-order valence-electron chi connectivity index (χ0n) is 10.2. The second kappa shape index (κ2) is 6.86. The molecule has 1 aromatic heterocycles. The van der Waals surface area contributed by atoms with Crippen molar-refractivity contribution in [2.45, 2.75) is 13.0 Å². The quantitative estimate of drug-likeness (QED) is 0.683. The lowest BCUT2D eigenvalue weighted by Crippen LogP contribution is -2.35. The van der Waals surface area contributed by atoms with E-state index in [1.165, 1.54) is 6.20 Å². The minimum absolute atomic E-state index is 0.117. The van der Waals surface area contributed by atoms with Crippen LogP contribution in [-0.2, 0) is 4.79 Å². The van der Waals surface area contributed by atoms with E-state index in [2.05, 4.69) is 31.2 Å². The molecule has 106 valence electrons. The number of rotatable bonds is 3. The van der Waals surface area contributed by atoms with Gasteiger partial charge in [-0.15, -0.1) is 0 Å². The molecule has 0 saturated carbocycles. The molecular formula is C12H9BrClFIN3O. The molecule has 2 heterocycles. The fraction of sp³-hybridized carbons (Fsp3) is 0.167. The number of aromatic nitrogens is 1. The van der Waals surface area contributed by atoms with Crippen molar-refractivity contribution >= 4 is 63.6 Å². The van der Waals surface area contributed by atoms with Gasteiger partial charge in [-0.05, 0) is 33.0 Å². The predicted molar refractivity (Wildman–Crippen MR) is 90.2 cm³/mol. The van der Waals surface area contributed by atoms with Gasteiger partial charge in [0.1, 0.15) is 3.51 Å². The van der Waals surface area contributed by atoms with Crippen molar-refractivity contribution in [3.8, 4) is 0 Å². The summed E-state index contributed by atoms with van der Waals surface area (Å²) in [7, 11) is 0. The van der Waals surface area contributed by atoms with E-state index < -0.39 is 38.6 Å². The standard InChI is InChI=1S/C12H9BrClFIN3O/c1-6(10-8(14)4-7(13)5-18-10)19-12(20)9-11(15)17-3-2-16-9/h2-6H,1H3,(H,19,20). The number of nitrogens with zero attached hydrogens (tertiary/aromatic N) is 2. The average molecular weight is 472 g/mol. The molecule has 1 N–H and O–H groups in total. The average Bonchev–Trinajstić information content (AvgIpc) is 2.38. The third-order valence-corrected chi connectivity index (χ3v) is 5.37. The zero-order valence-corrected chi connectivity index (χ0v) is 14.7. The molecular weight excluding hydrogens is 463 g/mol. The highest BCUT2D eigenvalue weighted by atomic mass is 127. The highest BCUT2D eigenvalue weighted by Crippen LogP contribution is 2.24. The number of aliphatic imine (C=N–C) groups is 1. The molecule has 0 spiro atoms. The molecule has 0 saturated heterocycles. The van der Waals surface area contributed by atoms with Gasteiger partial charge in [-0.2, -0.15) is 4.39 Å². The summed E-state index contributed by atoms with van der Waals surface area (Å²) in [6.07, 6.45) is 2.98. The minimum atomic E-state index is -0.789. The highest BCUT2D eigenvalue weighted by Gasteiger charge is 2.21. The van der Waals surface area contributed by atoms with E-state index in [-0.39, 0.29) is 3.51 Å². The van der Waals surface area contributed by atoms with Crippen molar-refractivity contribution < 1.29 is 9.18 Å². The van der Waals surface area contributed by atoms with Gasteiger partial charge < -0.3 is 5.32 Å². The monoisotopic (exact) mass is 471 g/mol. The molecule has 1 amide bonds. The van der Waals surface area contributed by atoms with Crippen molar-refractivity contribution in [3.63, 3.8) is 0 Å². The third kappa shape index (κ3) is 3.70. The van der Waals surface area contributed by atoms with Gasteiger partial charge >= 0.3 is 0 Å². The van der Waals surface area contributed by atoms with Crippen molar-refractivity contribution in [3.05, 3.63) is 37.7 Å². The van der Waals surface area contributed by atoms with Gasteiger partial charge in [-0.3, -0.25) is 9.78 Å². The Labute approximate surface area is 138 Å². The Morgan fingerprint density at radius 3 is 3.00 bits per heavy atom. The van der Waals surface area contributed by atoms with Gasteiger partial charge in [-0.25, -0.2) is 4.99 Å². The lowest BCUT2D eigenvalue weighted by molar-refractivity contribution is -0.115. The number of hydrogen-bond acceptors (Lipinski definition) is 3. The van der Waals surface area contributed by atoms with E-state index in [0.717, 1.165) is 4.47 Å². The molecule has 0 aromatic carbocycles. The van der Waals surface area contributed by atoms with Crippen molar-refractivity contribution in [1.29, 1.82) is 0 Å². The molecule has 2 rings (SSSR count). The van der Waals surface area contributed by atoms with Gasteiger partial charge in [0, 0.05) is 16.9 Å². The Bertz CT molecular complexity index is 648. The first kappa shape index (κ1) is 15.7. The molecule has 0 radical (unpaired) electrons. The number of hydrogen-bond donors (Lipinski definition) is 1. The van der Waals surface area contributed by atoms with E-state index in [1.54, 1.807) is 23.3 Å². The van der Waals surface area contributed by atoms with Crippen LogP contribution in [0, 0.1) is 0 Å². The third-order valence-electron chi connectivity index (χ3n) is 2.39. The second-order valence-electron chi connectivity index (χ2n) is 3.83. The first-order valence-electron chi connectivity index (χ1n) is 5.50. The molecule has 20 heavy (non-hydrogen) atoms. The molecule has 0 fully saturated rings. The van der Waals surface area contributed by atoms with Crippen LogP contribution in [0.4, 0.5) is 4.39 Å². The Morgan fingerprint density at radius 1 is 1.60 bits per heavy atom. The highest BCUT2D eigenvalue weighted by molar-refractivity contribution is 14.2. The van der Waals surface area contributed by atoms with Gasteiger partial charge in [0.15, 0.2) is 0 Å². The Hall–Kier alpha value is -0.670. The van der Waals surface area contributed by atoms with Crippen LogP contribution in [0.15, 0.2) is 32.0 Å². The molecule has 4 nitrogen and oxygen atoms in total. The first-order chi connectivity index (χ1) is 9.49. The van der Waals surface area contributed by atoms with Gasteiger partial charge in [0.05, 0.1) is 16.8 Å². The van der Waals surface area contributed by atoms with Gasteiger partial charge in [0.2, 0.25) is 5.97 Å². The molecule has 1 aliphatic heterocycles. The molecule has 1 unspecified atom stereocenters. The molecule has 1 atom stereocenters. The van der Waals surface area contributed by atoms with Crippen LogP contribution in [-0.4, -0.2) is 20.4 Å². The van der Waals surface area contributed by atoms with E-state index in [9.17, 15) is 9.18 Å². The first-order valence-corrected chi connectivity index (χ1v) is 8.99. The molecule has 8 heteroatoms. The summed E-state index contributed by atoms with van der Waals surface area (Å²) < 4.78 is 16.1. The van der Waals surface area contributed by atoms with Crippen LogP contribution >= 0.6 is 48.3 Å². The number of halogens is 4. The van der Waals surface area contributed by atoms with E-state index in [4.69, 9.17) is 11.6 Å². The van der Waals surface area contributed by atoms with Crippen molar-refractivity contribution in [1.82, 2.24) is 10.3 Å². The normalized spacial score (nSPS) is 15.8. The summed E-state index contributed by atoms with van der Waals surface area (Å²) >= 11 is 8.54. The van der Waals surface area contributed by atoms with Crippen molar-refractivity contribution in [2.75, 3.05) is 0 Å². The van der Waals surface area contributed by atoms with Crippen LogP contribution in [0.1, 0.15) is 18.7 Å². The summed E-state index contributed by atoms with van der Waals surface area (Å²) in [6.45, 7) is 1.74. The number of carbonyl (C=O) groups is 1. The maximum Gasteiger partial charge on any atom is 0.262 e. The van der Waals surface area contributed by atoms with Gasteiger partial charge in [-0.1, -0.05) is 32.3 Å². The minimum Gasteiger partial charge on any atom is -0.343 e. The summed E-state index contributed by atoms with van der Waals surface area (Å²) in [6, 6.07) is 1.27. The zero-order chi connectivity index (χ0) is 14.7. The molecule has 0 aliphatic carbocycles. The summed E-state index contributed by atoms with van der Waals surface area (Å²) in [5.41, 5.74) is 0.533. The van der Waals surface area contributed by atoms with Crippen LogP contribution < -0.4 is 5.32 Å². The smallest absolute Gasteiger partial charge is 0.262 e. The van der Waals surface area contributed by atoms with E-state index in [0.29, 0.717) is 10.7 Å². The van der Waals surface area contributed by atoms with Gasteiger partial charge in [0.25, 0.3) is 5.91 Å². The second-order valence-corrected chi connectivity index (χ2v) is 7.58. The Kier molecular flexibility index (Phi) is 5.39. The summed E-state index contributed by atoms with van der Waals surface area (Å²) in [5, 5.41) is 3.13.